The van der Waals surface area contributed by atoms with Gasteiger partial charge in [-0.1, -0.05) is 36.4 Å². The third-order valence-corrected chi connectivity index (χ3v) is 3.03. The van der Waals surface area contributed by atoms with Crippen molar-refractivity contribution in [1.82, 2.24) is 0 Å². The van der Waals surface area contributed by atoms with Gasteiger partial charge in [0, 0.05) is 17.7 Å². The molecule has 0 unspecified atom stereocenters. The zero-order valence-electron chi connectivity index (χ0n) is 11.2. The van der Waals surface area contributed by atoms with Crippen LogP contribution in [0.5, 0.6) is 0 Å². The lowest BCUT2D eigenvalue weighted by Crippen LogP contribution is -1.94. The molecule has 2 N–H and O–H groups in total. The van der Waals surface area contributed by atoms with Gasteiger partial charge in [0.2, 0.25) is 5.24 Å². The Morgan fingerprint density at radius 2 is 1.90 bits per heavy atom. The second-order valence-corrected chi connectivity index (χ2v) is 4.93. The number of hydrogen-bond acceptors (Lipinski definition) is 4. The number of carbonyl (C=O) groups is 2. The fourth-order valence-electron chi connectivity index (χ4n) is 1.89. The van der Waals surface area contributed by atoms with Crippen LogP contribution in [-0.4, -0.2) is 11.2 Å². The molecule has 0 saturated carbocycles. The second-order valence-electron chi connectivity index (χ2n) is 4.51. The van der Waals surface area contributed by atoms with Gasteiger partial charge in [-0.3, -0.25) is 4.79 Å². The number of fused-ring (bicyclic) bond motifs is 1. The summed E-state index contributed by atoms with van der Waals surface area (Å²) in [7, 11) is 0. The maximum atomic E-state index is 10.9. The molecule has 2 aromatic carbocycles. The van der Waals surface area contributed by atoms with Gasteiger partial charge in [0.1, 0.15) is 6.61 Å². The standard InChI is InChI=1S/C8H7ClO.C8H7NO2/c9-8(10)6-7-4-2-1-3-5-7;9-6-2-1-5-4-11-8(10)7(5)3-6/h1-5H,6H2;1-3H,4,9H2. The first-order valence-corrected chi connectivity index (χ1v) is 6.72. The van der Waals surface area contributed by atoms with Crippen molar-refractivity contribution in [3.63, 3.8) is 0 Å². The number of carbonyl (C=O) groups excluding carboxylic acids is 2. The van der Waals surface area contributed by atoms with E-state index >= 15 is 0 Å². The van der Waals surface area contributed by atoms with Gasteiger partial charge in [-0.2, -0.15) is 0 Å². The van der Waals surface area contributed by atoms with Crippen LogP contribution in [0.1, 0.15) is 21.5 Å². The number of hydrogen-bond donors (Lipinski definition) is 1. The number of halogens is 1. The van der Waals surface area contributed by atoms with Crippen molar-refractivity contribution in [2.24, 2.45) is 0 Å². The monoisotopic (exact) mass is 303 g/mol. The van der Waals surface area contributed by atoms with Crippen molar-refractivity contribution in [2.45, 2.75) is 13.0 Å². The van der Waals surface area contributed by atoms with Gasteiger partial charge in [0.05, 0.1) is 5.56 Å². The van der Waals surface area contributed by atoms with E-state index in [1.54, 1.807) is 12.1 Å². The van der Waals surface area contributed by atoms with Gasteiger partial charge in [-0.15, -0.1) is 0 Å². The predicted octanol–water partition coefficient (Wildman–Crippen LogP) is 2.93. The smallest absolute Gasteiger partial charge is 0.338 e. The number of anilines is 1. The summed E-state index contributed by atoms with van der Waals surface area (Å²) in [6.07, 6.45) is 0.322. The fraction of sp³-hybridized carbons (Fsp3) is 0.125. The van der Waals surface area contributed by atoms with Crippen molar-refractivity contribution in [3.05, 3.63) is 65.2 Å². The third-order valence-electron chi connectivity index (χ3n) is 2.90. The van der Waals surface area contributed by atoms with E-state index in [0.717, 1.165) is 11.1 Å². The first-order valence-electron chi connectivity index (χ1n) is 6.34. The van der Waals surface area contributed by atoms with Crippen LogP contribution < -0.4 is 5.73 Å². The molecule has 5 heteroatoms. The molecule has 0 spiro atoms. The van der Waals surface area contributed by atoms with Crippen molar-refractivity contribution >= 4 is 28.5 Å². The Morgan fingerprint density at radius 1 is 1.19 bits per heavy atom. The summed E-state index contributed by atoms with van der Waals surface area (Å²) in [5.74, 6) is -0.271. The number of cyclic esters (lactones) is 1. The molecule has 1 aliphatic rings. The molecule has 0 atom stereocenters. The van der Waals surface area contributed by atoms with Gasteiger partial charge in [-0.25, -0.2) is 4.79 Å². The Kier molecular flexibility index (Phi) is 4.95. The van der Waals surface area contributed by atoms with Crippen LogP contribution in [0.15, 0.2) is 48.5 Å². The maximum absolute atomic E-state index is 10.9. The Hall–Kier alpha value is -2.33. The van der Waals surface area contributed by atoms with E-state index in [9.17, 15) is 9.59 Å². The Morgan fingerprint density at radius 3 is 2.57 bits per heavy atom. The SMILES string of the molecule is Nc1ccc2c(c1)C(=O)OC2.O=C(Cl)Cc1ccccc1. The van der Waals surface area contributed by atoms with E-state index in [1.807, 2.05) is 36.4 Å². The summed E-state index contributed by atoms with van der Waals surface area (Å²) >= 11 is 5.17. The molecule has 1 heterocycles. The average Bonchev–Trinajstić information content (AvgIpc) is 2.81. The molecule has 3 rings (SSSR count). The largest absolute Gasteiger partial charge is 0.457 e. The predicted molar refractivity (Wildman–Crippen MR) is 81.0 cm³/mol. The third kappa shape index (κ3) is 4.33. The molecular weight excluding hydrogens is 290 g/mol. The van der Waals surface area contributed by atoms with Crippen LogP contribution in [0.3, 0.4) is 0 Å². The minimum atomic E-state index is -0.314. The molecule has 0 amide bonds. The minimum Gasteiger partial charge on any atom is -0.457 e. The van der Waals surface area contributed by atoms with E-state index in [4.69, 9.17) is 22.1 Å². The van der Waals surface area contributed by atoms with Gasteiger partial charge in [0.25, 0.3) is 0 Å². The number of benzene rings is 2. The number of rotatable bonds is 2. The molecule has 0 aromatic heterocycles. The highest BCUT2D eigenvalue weighted by molar-refractivity contribution is 6.63. The molecule has 1 aliphatic heterocycles. The molecule has 0 bridgehead atoms. The Labute approximate surface area is 127 Å². The average molecular weight is 304 g/mol. The molecule has 0 saturated heterocycles. The summed E-state index contributed by atoms with van der Waals surface area (Å²) in [4.78, 5) is 21.3. The van der Waals surface area contributed by atoms with Crippen molar-refractivity contribution in [1.29, 1.82) is 0 Å². The number of esters is 1. The summed E-state index contributed by atoms with van der Waals surface area (Å²) < 4.78 is 4.78. The second kappa shape index (κ2) is 6.90. The van der Waals surface area contributed by atoms with Crippen molar-refractivity contribution in [3.8, 4) is 0 Å². The van der Waals surface area contributed by atoms with E-state index < -0.39 is 0 Å². The molecule has 108 valence electrons. The molecular formula is C16H14ClNO3. The zero-order chi connectivity index (χ0) is 15.2. The van der Waals surface area contributed by atoms with E-state index in [2.05, 4.69) is 0 Å². The highest BCUT2D eigenvalue weighted by atomic mass is 35.5. The van der Waals surface area contributed by atoms with Crippen molar-refractivity contribution in [2.75, 3.05) is 5.73 Å². The van der Waals surface area contributed by atoms with Gasteiger partial charge in [0.15, 0.2) is 0 Å². The quantitative estimate of drug-likeness (QED) is 0.526. The first-order chi connectivity index (χ1) is 10.1. The van der Waals surface area contributed by atoms with E-state index in [0.29, 0.717) is 24.3 Å². The first kappa shape index (κ1) is 15.1. The maximum Gasteiger partial charge on any atom is 0.338 e. The molecule has 0 fully saturated rings. The Balaban J connectivity index is 0.000000155. The van der Waals surface area contributed by atoms with Crippen LogP contribution in [-0.2, 0) is 22.6 Å². The number of nitrogen functional groups attached to an aromatic ring is 1. The van der Waals surface area contributed by atoms with Gasteiger partial charge >= 0.3 is 5.97 Å². The molecule has 2 aromatic rings. The molecule has 0 aliphatic carbocycles. The number of ether oxygens (including phenoxy) is 1. The zero-order valence-corrected chi connectivity index (χ0v) is 12.0. The van der Waals surface area contributed by atoms with Crippen LogP contribution in [0.4, 0.5) is 5.69 Å². The topological polar surface area (TPSA) is 69.4 Å². The lowest BCUT2D eigenvalue weighted by Gasteiger charge is -1.94. The highest BCUT2D eigenvalue weighted by Gasteiger charge is 2.20. The summed E-state index contributed by atoms with van der Waals surface area (Å²) in [5, 5.41) is -0.314. The van der Waals surface area contributed by atoms with Crippen LogP contribution >= 0.6 is 11.6 Å². The lowest BCUT2D eigenvalue weighted by molar-refractivity contribution is -0.111. The van der Waals surface area contributed by atoms with Crippen LogP contribution in [0.25, 0.3) is 0 Å². The molecule has 0 radical (unpaired) electrons. The summed E-state index contributed by atoms with van der Waals surface area (Å²) in [6, 6.07) is 14.6. The van der Waals surface area contributed by atoms with E-state index in [-0.39, 0.29) is 11.2 Å². The van der Waals surface area contributed by atoms with Crippen molar-refractivity contribution < 1.29 is 14.3 Å². The normalized spacial score (nSPS) is 12.0. The summed E-state index contributed by atoms with van der Waals surface area (Å²) in [5.41, 5.74) is 8.57. The highest BCUT2D eigenvalue weighted by Crippen LogP contribution is 2.21. The van der Waals surface area contributed by atoms with Crippen LogP contribution in [0, 0.1) is 0 Å². The molecule has 4 nitrogen and oxygen atoms in total. The lowest BCUT2D eigenvalue weighted by atomic mass is 10.1. The molecule has 21 heavy (non-hydrogen) atoms. The number of nitrogens with two attached hydrogens (primary N) is 1. The summed E-state index contributed by atoms with van der Waals surface area (Å²) in [6.45, 7) is 0.383. The van der Waals surface area contributed by atoms with Crippen LogP contribution in [0.2, 0.25) is 0 Å². The Bertz CT molecular complexity index is 656. The fourth-order valence-corrected chi connectivity index (χ4v) is 2.04. The van der Waals surface area contributed by atoms with E-state index in [1.165, 1.54) is 0 Å². The minimum absolute atomic E-state index is 0.271. The van der Waals surface area contributed by atoms with Gasteiger partial charge < -0.3 is 10.5 Å². The van der Waals surface area contributed by atoms with Gasteiger partial charge in [-0.05, 0) is 29.3 Å².